The Hall–Kier alpha value is -1.13. The molecule has 2 nitrogen and oxygen atoms in total. The Morgan fingerprint density at radius 3 is 2.67 bits per heavy atom. The molecule has 0 unspecified atom stereocenters. The molecule has 0 saturated carbocycles. The Kier molecular flexibility index (Phi) is 4.19. The van der Waals surface area contributed by atoms with Crippen molar-refractivity contribution in [3.05, 3.63) is 55.8 Å². The molecule has 0 aromatic heterocycles. The van der Waals surface area contributed by atoms with Crippen molar-refractivity contribution in [3.63, 3.8) is 0 Å². The van der Waals surface area contributed by atoms with Crippen LogP contribution < -0.4 is 5.32 Å². The third-order valence-electron chi connectivity index (χ3n) is 2.24. The molecule has 0 spiro atoms. The van der Waals surface area contributed by atoms with Gasteiger partial charge < -0.3 is 5.32 Å². The van der Waals surface area contributed by atoms with Crippen molar-refractivity contribution < 1.29 is 4.39 Å². The molecule has 0 amide bonds. The van der Waals surface area contributed by atoms with Gasteiger partial charge in [0.1, 0.15) is 5.82 Å². The van der Waals surface area contributed by atoms with Crippen LogP contribution in [0.4, 0.5) is 15.8 Å². The van der Waals surface area contributed by atoms with Crippen LogP contribution in [0.5, 0.6) is 0 Å². The average Bonchev–Trinajstić information content (AvgIpc) is 2.32. The number of nitrogens with one attached hydrogen (secondary N) is 1. The zero-order valence-electron chi connectivity index (χ0n) is 9.05. The van der Waals surface area contributed by atoms with Crippen LogP contribution >= 0.6 is 38.5 Å². The quantitative estimate of drug-likeness (QED) is 0.713. The average molecular weight is 417 g/mol. The molecule has 0 aliphatic heterocycles. The summed E-state index contributed by atoms with van der Waals surface area (Å²) in [6.07, 6.45) is 0. The molecule has 18 heavy (non-hydrogen) atoms. The molecule has 2 aromatic rings. The Balaban J connectivity index is 2.34. The predicted molar refractivity (Wildman–Crippen MR) is 81.3 cm³/mol. The molecule has 0 aliphatic carbocycles. The van der Waals surface area contributed by atoms with Gasteiger partial charge in [-0.2, -0.15) is 5.26 Å². The van der Waals surface area contributed by atoms with Gasteiger partial charge in [0.15, 0.2) is 0 Å². The second kappa shape index (κ2) is 5.67. The van der Waals surface area contributed by atoms with Gasteiger partial charge in [-0.3, -0.25) is 0 Å². The topological polar surface area (TPSA) is 35.8 Å². The van der Waals surface area contributed by atoms with Crippen molar-refractivity contribution in [1.82, 2.24) is 0 Å². The van der Waals surface area contributed by atoms with Gasteiger partial charge in [0.05, 0.1) is 17.3 Å². The molecular formula is C13H7BrFIN2. The minimum Gasteiger partial charge on any atom is -0.355 e. The summed E-state index contributed by atoms with van der Waals surface area (Å²) in [5.41, 5.74) is 2.15. The summed E-state index contributed by atoms with van der Waals surface area (Å²) in [7, 11) is 0. The lowest BCUT2D eigenvalue weighted by Crippen LogP contribution is -1.94. The van der Waals surface area contributed by atoms with E-state index in [0.29, 0.717) is 5.56 Å². The molecule has 2 rings (SSSR count). The number of nitriles is 1. The highest BCUT2D eigenvalue weighted by Crippen LogP contribution is 2.26. The molecule has 0 radical (unpaired) electrons. The smallest absolute Gasteiger partial charge is 0.124 e. The number of halogens is 3. The van der Waals surface area contributed by atoms with Crippen LogP contribution in [0.25, 0.3) is 0 Å². The Morgan fingerprint density at radius 2 is 2.00 bits per heavy atom. The first kappa shape index (κ1) is 13.3. The normalized spacial score (nSPS) is 9.89. The highest BCUT2D eigenvalue weighted by Gasteiger charge is 2.04. The summed E-state index contributed by atoms with van der Waals surface area (Å²) >= 11 is 5.40. The molecule has 1 N–H and O–H groups in total. The third-order valence-corrected chi connectivity index (χ3v) is 3.59. The van der Waals surface area contributed by atoms with E-state index in [4.69, 9.17) is 5.26 Å². The molecule has 90 valence electrons. The van der Waals surface area contributed by atoms with Crippen molar-refractivity contribution in [2.45, 2.75) is 0 Å². The molecule has 5 heteroatoms. The molecule has 0 saturated heterocycles. The van der Waals surface area contributed by atoms with Gasteiger partial charge in [-0.15, -0.1) is 0 Å². The molecule has 0 heterocycles. The highest BCUT2D eigenvalue weighted by molar-refractivity contribution is 14.1. The molecule has 2 aromatic carbocycles. The van der Waals surface area contributed by atoms with Crippen LogP contribution in [0.1, 0.15) is 5.56 Å². The maximum atomic E-state index is 13.0. The Morgan fingerprint density at radius 1 is 1.22 bits per heavy atom. The fourth-order valence-corrected chi connectivity index (χ4v) is 2.58. The van der Waals surface area contributed by atoms with E-state index in [-0.39, 0.29) is 5.82 Å². The van der Waals surface area contributed by atoms with Crippen LogP contribution in [0, 0.1) is 20.7 Å². The van der Waals surface area contributed by atoms with E-state index in [9.17, 15) is 4.39 Å². The fourth-order valence-electron chi connectivity index (χ4n) is 1.47. The van der Waals surface area contributed by atoms with Crippen molar-refractivity contribution >= 4 is 49.9 Å². The second-order valence-corrected chi connectivity index (χ2v) is 5.67. The van der Waals surface area contributed by atoms with Crippen LogP contribution in [0.15, 0.2) is 40.9 Å². The van der Waals surface area contributed by atoms with Crippen molar-refractivity contribution in [1.29, 1.82) is 5.26 Å². The number of rotatable bonds is 2. The van der Waals surface area contributed by atoms with Crippen LogP contribution in [0.3, 0.4) is 0 Å². The minimum absolute atomic E-state index is 0.267. The van der Waals surface area contributed by atoms with Gasteiger partial charge in [0.2, 0.25) is 0 Å². The van der Waals surface area contributed by atoms with E-state index in [0.717, 1.165) is 19.4 Å². The predicted octanol–water partition coefficient (Wildman–Crippen LogP) is 4.81. The van der Waals surface area contributed by atoms with Crippen LogP contribution in [-0.4, -0.2) is 0 Å². The van der Waals surface area contributed by atoms with Gasteiger partial charge in [0, 0.05) is 13.7 Å². The largest absolute Gasteiger partial charge is 0.355 e. The molecular weight excluding hydrogens is 410 g/mol. The summed E-state index contributed by atoms with van der Waals surface area (Å²) in [5, 5.41) is 12.1. The standard InChI is InChI=1S/C13H7BrFIN2/c14-9-3-8(7-17)4-11(5-9)18-13-2-1-10(15)6-12(13)16/h1-6,18H. The summed E-state index contributed by atoms with van der Waals surface area (Å²) < 4.78 is 14.6. The van der Waals surface area contributed by atoms with Gasteiger partial charge >= 0.3 is 0 Å². The van der Waals surface area contributed by atoms with Gasteiger partial charge in [0.25, 0.3) is 0 Å². The maximum Gasteiger partial charge on any atom is 0.124 e. The second-order valence-electron chi connectivity index (χ2n) is 3.59. The van der Waals surface area contributed by atoms with E-state index < -0.39 is 0 Å². The van der Waals surface area contributed by atoms with Crippen LogP contribution in [0.2, 0.25) is 0 Å². The Bertz CT molecular complexity index is 637. The van der Waals surface area contributed by atoms with Crippen molar-refractivity contribution in [2.24, 2.45) is 0 Å². The number of benzene rings is 2. The highest BCUT2D eigenvalue weighted by atomic mass is 127. The molecule has 0 fully saturated rings. The molecule has 0 bridgehead atoms. The monoisotopic (exact) mass is 416 g/mol. The van der Waals surface area contributed by atoms with Crippen molar-refractivity contribution in [2.75, 3.05) is 5.32 Å². The number of hydrogen-bond acceptors (Lipinski definition) is 2. The summed E-state index contributed by atoms with van der Waals surface area (Å²) in [6.45, 7) is 0. The molecule has 0 aliphatic rings. The van der Waals surface area contributed by atoms with E-state index in [2.05, 4.69) is 49.9 Å². The van der Waals surface area contributed by atoms with Crippen molar-refractivity contribution in [3.8, 4) is 6.07 Å². The summed E-state index contributed by atoms with van der Waals surface area (Å²) in [6, 6.07) is 11.9. The summed E-state index contributed by atoms with van der Waals surface area (Å²) in [4.78, 5) is 0. The van der Waals surface area contributed by atoms with Gasteiger partial charge in [-0.25, -0.2) is 4.39 Å². The first-order valence-corrected chi connectivity index (χ1v) is 6.88. The lowest BCUT2D eigenvalue weighted by Gasteiger charge is -2.09. The van der Waals surface area contributed by atoms with E-state index in [1.807, 2.05) is 6.07 Å². The number of hydrogen-bond donors (Lipinski definition) is 1. The first-order chi connectivity index (χ1) is 8.58. The van der Waals surface area contributed by atoms with E-state index >= 15 is 0 Å². The zero-order chi connectivity index (χ0) is 13.1. The van der Waals surface area contributed by atoms with Gasteiger partial charge in [-0.1, -0.05) is 15.9 Å². The zero-order valence-corrected chi connectivity index (χ0v) is 12.8. The van der Waals surface area contributed by atoms with E-state index in [1.54, 1.807) is 18.2 Å². The van der Waals surface area contributed by atoms with Gasteiger partial charge in [-0.05, 0) is 59.0 Å². The number of anilines is 2. The lowest BCUT2D eigenvalue weighted by molar-refractivity contribution is 0.627. The SMILES string of the molecule is N#Cc1cc(Br)cc(Nc2ccc(F)cc2I)c1. The Labute approximate surface area is 126 Å². The lowest BCUT2D eigenvalue weighted by atomic mass is 10.2. The first-order valence-electron chi connectivity index (χ1n) is 5.01. The third kappa shape index (κ3) is 3.21. The van der Waals surface area contributed by atoms with E-state index in [1.165, 1.54) is 12.1 Å². The van der Waals surface area contributed by atoms with Crippen LogP contribution in [-0.2, 0) is 0 Å². The summed E-state index contributed by atoms with van der Waals surface area (Å²) in [5.74, 6) is -0.267. The number of nitrogens with zero attached hydrogens (tertiary/aromatic N) is 1. The fraction of sp³-hybridized carbons (Fsp3) is 0. The molecule has 0 atom stereocenters. The minimum atomic E-state index is -0.267. The maximum absolute atomic E-state index is 13.0.